The van der Waals surface area contributed by atoms with Gasteiger partial charge >= 0.3 is 0 Å². The van der Waals surface area contributed by atoms with Crippen molar-refractivity contribution >= 4 is 34.4 Å². The molecule has 0 unspecified atom stereocenters. The molecule has 1 amide bonds. The molecule has 1 fully saturated rings. The first-order chi connectivity index (χ1) is 20.9. The molecule has 4 aromatic rings. The summed E-state index contributed by atoms with van der Waals surface area (Å²) in [7, 11) is 0. The standard InChI is InChI=1S/C38H34N2O3/c1-4-10-25-16-18-27(19-17-25)35(41)33-34(36(42)26-11-6-5-7-12-26)40-31-20-15-23(2)21-28(31)24(3)22-32(40)38(33)29-13-8-9-14-30(29)39-37(38)43/h5-9,11-22,32-34H,4,10H2,1-3H3,(H,39,43)/t32-,33-,34+,38+/m1/s1. The second-order valence-corrected chi connectivity index (χ2v) is 12.1. The monoisotopic (exact) mass is 566 g/mol. The molecule has 0 bridgehead atoms. The number of amides is 1. The topological polar surface area (TPSA) is 66.5 Å². The fraction of sp³-hybridized carbons (Fsp3) is 0.237. The molecule has 5 nitrogen and oxygen atoms in total. The van der Waals surface area contributed by atoms with Crippen LogP contribution in [0.4, 0.5) is 11.4 Å². The number of rotatable bonds is 6. The summed E-state index contributed by atoms with van der Waals surface area (Å²) >= 11 is 0. The number of para-hydroxylation sites is 1. The number of anilines is 2. The number of nitrogens with one attached hydrogen (secondary N) is 1. The minimum Gasteiger partial charge on any atom is -0.352 e. The molecule has 0 radical (unpaired) electrons. The largest absolute Gasteiger partial charge is 0.352 e. The summed E-state index contributed by atoms with van der Waals surface area (Å²) in [5.74, 6) is -1.58. The van der Waals surface area contributed by atoms with Crippen molar-refractivity contribution in [1.29, 1.82) is 0 Å². The van der Waals surface area contributed by atoms with E-state index in [1.807, 2.05) is 85.8 Å². The number of benzene rings is 4. The normalized spacial score (nSPS) is 23.3. The third-order valence-electron chi connectivity index (χ3n) is 9.52. The highest BCUT2D eigenvalue weighted by Gasteiger charge is 2.70. The van der Waals surface area contributed by atoms with Crippen molar-refractivity contribution in [3.63, 3.8) is 0 Å². The van der Waals surface area contributed by atoms with Crippen LogP contribution in [0.15, 0.2) is 103 Å². The van der Waals surface area contributed by atoms with Gasteiger partial charge < -0.3 is 10.2 Å². The van der Waals surface area contributed by atoms with Crippen LogP contribution in [0.2, 0.25) is 0 Å². The minimum atomic E-state index is -1.31. The molecule has 5 heteroatoms. The highest BCUT2D eigenvalue weighted by molar-refractivity contribution is 6.18. The summed E-state index contributed by atoms with van der Waals surface area (Å²) in [5, 5.41) is 3.11. The molecule has 7 rings (SSSR count). The molecular weight excluding hydrogens is 532 g/mol. The second-order valence-electron chi connectivity index (χ2n) is 12.1. The van der Waals surface area contributed by atoms with Crippen molar-refractivity contribution in [2.24, 2.45) is 5.92 Å². The Labute approximate surface area is 252 Å². The number of carbonyl (C=O) groups is 3. The zero-order valence-corrected chi connectivity index (χ0v) is 24.6. The van der Waals surface area contributed by atoms with Gasteiger partial charge in [-0.1, -0.05) is 104 Å². The zero-order chi connectivity index (χ0) is 29.9. The van der Waals surface area contributed by atoms with Crippen molar-refractivity contribution in [1.82, 2.24) is 0 Å². The van der Waals surface area contributed by atoms with Crippen molar-refractivity contribution in [2.75, 3.05) is 10.2 Å². The van der Waals surface area contributed by atoms with Crippen LogP contribution in [0.5, 0.6) is 0 Å². The second kappa shape index (κ2) is 10.2. The summed E-state index contributed by atoms with van der Waals surface area (Å²) in [6, 6.07) is 29.2. The van der Waals surface area contributed by atoms with E-state index < -0.39 is 23.4 Å². The van der Waals surface area contributed by atoms with Gasteiger partial charge in [-0.15, -0.1) is 0 Å². The van der Waals surface area contributed by atoms with Gasteiger partial charge in [0.05, 0.1) is 12.0 Å². The maximum absolute atomic E-state index is 15.0. The lowest BCUT2D eigenvalue weighted by molar-refractivity contribution is -0.121. The van der Waals surface area contributed by atoms with E-state index in [0.717, 1.165) is 46.4 Å². The Hall–Kier alpha value is -4.77. The maximum Gasteiger partial charge on any atom is 0.238 e. The zero-order valence-electron chi connectivity index (χ0n) is 24.6. The Morgan fingerprint density at radius 2 is 1.53 bits per heavy atom. The lowest BCUT2D eigenvalue weighted by Gasteiger charge is -2.39. The van der Waals surface area contributed by atoms with Gasteiger partial charge in [0.2, 0.25) is 5.91 Å². The van der Waals surface area contributed by atoms with Crippen LogP contribution in [0, 0.1) is 12.8 Å². The van der Waals surface area contributed by atoms with E-state index >= 15 is 0 Å². The van der Waals surface area contributed by atoms with Crippen molar-refractivity contribution < 1.29 is 14.4 Å². The van der Waals surface area contributed by atoms with E-state index in [-0.39, 0.29) is 17.5 Å². The van der Waals surface area contributed by atoms with Crippen LogP contribution in [-0.2, 0) is 16.6 Å². The molecule has 214 valence electrons. The summed E-state index contributed by atoms with van der Waals surface area (Å²) < 4.78 is 0. The van der Waals surface area contributed by atoms with Crippen LogP contribution in [0.1, 0.15) is 63.2 Å². The SMILES string of the molecule is CCCc1ccc(C(=O)[C@H]2[C@@H](C(=O)c3ccccc3)N3c4ccc(C)cc4C(C)=C[C@@H]3[C@]23C(=O)Nc2ccccc23)cc1. The van der Waals surface area contributed by atoms with E-state index in [1.54, 1.807) is 12.1 Å². The van der Waals surface area contributed by atoms with Gasteiger partial charge in [0.25, 0.3) is 0 Å². The summed E-state index contributed by atoms with van der Waals surface area (Å²) in [5.41, 5.74) is 6.35. The first-order valence-corrected chi connectivity index (χ1v) is 15.1. The quantitative estimate of drug-likeness (QED) is 0.251. The highest BCUT2D eigenvalue weighted by atomic mass is 16.2. The molecule has 3 heterocycles. The average Bonchev–Trinajstić information content (AvgIpc) is 3.49. The van der Waals surface area contributed by atoms with Crippen molar-refractivity contribution in [3.05, 3.63) is 137 Å². The Morgan fingerprint density at radius 3 is 2.28 bits per heavy atom. The first-order valence-electron chi connectivity index (χ1n) is 15.1. The summed E-state index contributed by atoms with van der Waals surface area (Å²) in [6.07, 6.45) is 4.03. The number of ketones is 2. The fourth-order valence-electron chi connectivity index (χ4n) is 7.62. The number of hydrogen-bond donors (Lipinski definition) is 1. The smallest absolute Gasteiger partial charge is 0.238 e. The Morgan fingerprint density at radius 1 is 0.837 bits per heavy atom. The maximum atomic E-state index is 15.0. The molecule has 4 atom stereocenters. The van der Waals surface area contributed by atoms with E-state index in [9.17, 15) is 14.4 Å². The molecule has 4 aromatic carbocycles. The number of hydrogen-bond acceptors (Lipinski definition) is 4. The average molecular weight is 567 g/mol. The van der Waals surface area contributed by atoms with Gasteiger partial charge in [-0.25, -0.2) is 0 Å². The van der Waals surface area contributed by atoms with E-state index in [2.05, 4.69) is 36.2 Å². The summed E-state index contributed by atoms with van der Waals surface area (Å²) in [6.45, 7) is 6.23. The predicted octanol–water partition coefficient (Wildman–Crippen LogP) is 7.19. The van der Waals surface area contributed by atoms with E-state index in [0.29, 0.717) is 16.8 Å². The number of Topliss-reactive ketones (excluding diaryl/α,β-unsaturated/α-hetero) is 2. The van der Waals surface area contributed by atoms with Gasteiger partial charge in [-0.3, -0.25) is 14.4 Å². The Bertz CT molecular complexity index is 1810. The van der Waals surface area contributed by atoms with Gasteiger partial charge in [0.15, 0.2) is 11.6 Å². The number of aryl methyl sites for hydroxylation is 2. The first kappa shape index (κ1) is 27.1. The fourth-order valence-corrected chi connectivity index (χ4v) is 7.62. The number of allylic oxidation sites excluding steroid dienone is 1. The third kappa shape index (κ3) is 3.94. The van der Waals surface area contributed by atoms with Crippen molar-refractivity contribution in [2.45, 2.75) is 51.1 Å². The lowest BCUT2D eigenvalue weighted by Crippen LogP contribution is -2.51. The Balaban J connectivity index is 1.52. The van der Waals surface area contributed by atoms with Crippen LogP contribution in [0.3, 0.4) is 0 Å². The van der Waals surface area contributed by atoms with E-state index in [1.165, 1.54) is 0 Å². The van der Waals surface area contributed by atoms with Gasteiger partial charge in [0, 0.05) is 28.1 Å². The number of fused-ring (bicyclic) bond motifs is 6. The molecule has 0 saturated carbocycles. The molecule has 3 aliphatic rings. The third-order valence-corrected chi connectivity index (χ3v) is 9.52. The van der Waals surface area contributed by atoms with Gasteiger partial charge in [-0.2, -0.15) is 0 Å². The van der Waals surface area contributed by atoms with Crippen LogP contribution in [0.25, 0.3) is 5.57 Å². The molecular formula is C38H34N2O3. The van der Waals surface area contributed by atoms with Crippen molar-refractivity contribution in [3.8, 4) is 0 Å². The minimum absolute atomic E-state index is 0.167. The van der Waals surface area contributed by atoms with Gasteiger partial charge in [0.1, 0.15) is 11.5 Å². The van der Waals surface area contributed by atoms with Crippen LogP contribution >= 0.6 is 0 Å². The van der Waals surface area contributed by atoms with Crippen LogP contribution in [-0.4, -0.2) is 29.6 Å². The Kier molecular flexibility index (Phi) is 6.42. The molecule has 3 aliphatic heterocycles. The molecule has 0 aromatic heterocycles. The van der Waals surface area contributed by atoms with E-state index in [4.69, 9.17) is 0 Å². The van der Waals surface area contributed by atoms with Gasteiger partial charge in [-0.05, 0) is 55.2 Å². The number of carbonyl (C=O) groups excluding carboxylic acids is 3. The highest BCUT2D eigenvalue weighted by Crippen LogP contribution is 2.58. The molecule has 1 saturated heterocycles. The molecule has 0 aliphatic carbocycles. The molecule has 43 heavy (non-hydrogen) atoms. The lowest BCUT2D eigenvalue weighted by atomic mass is 9.64. The molecule has 1 N–H and O–H groups in total. The molecule has 1 spiro atoms. The number of nitrogens with zero attached hydrogens (tertiary/aromatic N) is 1. The predicted molar refractivity (Wildman–Crippen MR) is 171 cm³/mol. The van der Waals surface area contributed by atoms with Crippen LogP contribution < -0.4 is 10.2 Å². The summed E-state index contributed by atoms with van der Waals surface area (Å²) in [4.78, 5) is 46.4.